The quantitative estimate of drug-likeness (QED) is 0.0309. The second kappa shape index (κ2) is 49.1. The number of rotatable bonds is 50. The van der Waals surface area contributed by atoms with E-state index in [-0.39, 0.29) is 0 Å². The van der Waals surface area contributed by atoms with Crippen LogP contribution in [-0.4, -0.2) is 57.3 Å². The van der Waals surface area contributed by atoms with Gasteiger partial charge in [-0.3, -0.25) is 4.79 Å². The lowest BCUT2D eigenvalue weighted by Crippen LogP contribution is -2.53. The highest BCUT2D eigenvalue weighted by molar-refractivity contribution is 5.80. The fraction of sp³-hybridized carbons (Fsp3) is 0.944. The number of aliphatic hydroxyl groups is 4. The van der Waals surface area contributed by atoms with Crippen LogP contribution >= 0.6 is 0 Å². The normalized spacial score (nSPS) is 13.9. The third kappa shape index (κ3) is 42.4. The summed E-state index contributed by atoms with van der Waals surface area (Å²) < 4.78 is 0. The van der Waals surface area contributed by atoms with Crippen molar-refractivity contribution in [3.63, 3.8) is 0 Å². The van der Waals surface area contributed by atoms with E-state index in [0.29, 0.717) is 12.8 Å². The van der Waals surface area contributed by atoms with E-state index >= 15 is 0 Å². The summed E-state index contributed by atoms with van der Waals surface area (Å²) in [5, 5.41) is 43.9. The molecule has 0 heterocycles. The lowest BCUT2D eigenvalue weighted by atomic mass is 9.99. The smallest absolute Gasteiger partial charge is 0.249 e. The summed E-state index contributed by atoms with van der Waals surface area (Å²) in [6.07, 6.45) is 57.0. The number of aliphatic hydroxyl groups excluding tert-OH is 4. The van der Waals surface area contributed by atoms with E-state index in [1.54, 1.807) is 0 Å². The van der Waals surface area contributed by atoms with Crippen molar-refractivity contribution >= 4 is 5.91 Å². The number of amides is 1. The van der Waals surface area contributed by atoms with Gasteiger partial charge in [0.25, 0.3) is 0 Å². The van der Waals surface area contributed by atoms with E-state index in [4.69, 9.17) is 0 Å². The van der Waals surface area contributed by atoms with Gasteiger partial charge in [-0.15, -0.1) is 0 Å². The molecule has 0 radical (unpaired) electrons. The predicted octanol–water partition coefficient (Wildman–Crippen LogP) is 15.3. The van der Waals surface area contributed by atoms with Crippen molar-refractivity contribution in [1.82, 2.24) is 5.32 Å². The van der Waals surface area contributed by atoms with Gasteiger partial charge in [-0.05, 0) is 38.5 Å². The van der Waals surface area contributed by atoms with Gasteiger partial charge >= 0.3 is 0 Å². The molecular weight excluding hydrogens is 743 g/mol. The lowest BCUT2D eigenvalue weighted by Gasteiger charge is -2.27. The predicted molar refractivity (Wildman–Crippen MR) is 261 cm³/mol. The molecule has 60 heavy (non-hydrogen) atoms. The Morgan fingerprint density at radius 2 is 0.667 bits per heavy atom. The Morgan fingerprint density at radius 3 is 0.967 bits per heavy atom. The van der Waals surface area contributed by atoms with E-state index < -0.39 is 36.9 Å². The Labute approximate surface area is 374 Å². The highest BCUT2D eigenvalue weighted by atomic mass is 16.3. The Morgan fingerprint density at radius 1 is 0.400 bits per heavy atom. The summed E-state index contributed by atoms with van der Waals surface area (Å²) in [5.41, 5.74) is 0. The molecule has 0 aromatic heterocycles. The summed E-state index contributed by atoms with van der Waals surface area (Å²) in [6.45, 7) is 4.09. The molecule has 0 spiro atoms. The van der Waals surface area contributed by atoms with Crippen LogP contribution in [0.2, 0.25) is 0 Å². The van der Waals surface area contributed by atoms with E-state index in [1.807, 2.05) is 0 Å². The molecule has 0 aliphatic carbocycles. The Kier molecular flexibility index (Phi) is 48.3. The highest BCUT2D eigenvalue weighted by Gasteiger charge is 2.28. The van der Waals surface area contributed by atoms with Crippen LogP contribution in [0.4, 0.5) is 0 Å². The second-order valence-corrected chi connectivity index (χ2v) is 18.9. The van der Waals surface area contributed by atoms with Crippen molar-refractivity contribution in [1.29, 1.82) is 0 Å². The summed E-state index contributed by atoms with van der Waals surface area (Å²) >= 11 is 0. The molecule has 0 saturated carbocycles. The first-order chi connectivity index (χ1) is 29.5. The first-order valence-electron chi connectivity index (χ1n) is 27.1. The van der Waals surface area contributed by atoms with Gasteiger partial charge in [0.15, 0.2) is 0 Å². The molecule has 4 unspecified atom stereocenters. The molecule has 4 atom stereocenters. The molecule has 0 aromatic carbocycles. The molecule has 6 heteroatoms. The van der Waals surface area contributed by atoms with Crippen LogP contribution in [0.3, 0.4) is 0 Å². The SMILES string of the molecule is CCCCCCCCCCCCCC/C=C\CCCCCCCCCCCCCC(O)C(=O)NC(CO)C(O)C(O)CCCCCCCCCCCCCCCCCCC. The molecule has 5 N–H and O–H groups in total. The molecule has 0 saturated heterocycles. The van der Waals surface area contributed by atoms with Crippen LogP contribution in [0, 0.1) is 0 Å². The maximum absolute atomic E-state index is 12.6. The van der Waals surface area contributed by atoms with Crippen molar-refractivity contribution in [3.05, 3.63) is 12.2 Å². The Balaban J connectivity index is 3.61. The van der Waals surface area contributed by atoms with Gasteiger partial charge in [-0.2, -0.15) is 0 Å². The topological polar surface area (TPSA) is 110 Å². The molecule has 0 aromatic rings. The molecule has 1 amide bonds. The zero-order valence-corrected chi connectivity index (χ0v) is 40.5. The summed E-state index contributed by atoms with van der Waals surface area (Å²) in [6, 6.07) is -0.983. The Bertz CT molecular complexity index is 867. The van der Waals surface area contributed by atoms with Gasteiger partial charge in [0, 0.05) is 0 Å². The number of allylic oxidation sites excluding steroid dienone is 2. The van der Waals surface area contributed by atoms with Gasteiger partial charge in [-0.25, -0.2) is 0 Å². The minimum atomic E-state index is -1.26. The van der Waals surface area contributed by atoms with E-state index in [2.05, 4.69) is 31.3 Å². The van der Waals surface area contributed by atoms with E-state index in [1.165, 1.54) is 231 Å². The standard InChI is InChI=1S/C54H107NO5/c1-3-5-7-9-11-13-15-17-19-21-22-23-24-25-26-27-28-29-30-32-34-36-38-40-42-44-46-48-52(58)54(60)55-50(49-56)53(59)51(57)47-45-43-41-39-37-35-33-31-20-18-16-14-12-10-8-6-4-2/h25-26,50-53,56-59H,3-24,27-49H2,1-2H3,(H,55,60)/b26-25-. The number of nitrogens with one attached hydrogen (secondary N) is 1. The number of carbonyl (C=O) groups excluding carboxylic acids is 1. The first-order valence-corrected chi connectivity index (χ1v) is 27.1. The highest BCUT2D eigenvalue weighted by Crippen LogP contribution is 2.18. The van der Waals surface area contributed by atoms with Crippen molar-refractivity contribution in [3.8, 4) is 0 Å². The second-order valence-electron chi connectivity index (χ2n) is 18.9. The Hall–Kier alpha value is -0.950. The van der Waals surface area contributed by atoms with Crippen LogP contribution in [-0.2, 0) is 4.79 Å². The monoisotopic (exact) mass is 850 g/mol. The van der Waals surface area contributed by atoms with Gasteiger partial charge in [-0.1, -0.05) is 270 Å². The summed E-state index contributed by atoms with van der Waals surface area (Å²) in [5.74, 6) is -0.580. The van der Waals surface area contributed by atoms with E-state index in [9.17, 15) is 25.2 Å². The zero-order valence-electron chi connectivity index (χ0n) is 40.5. The number of carbonyl (C=O) groups is 1. The largest absolute Gasteiger partial charge is 0.394 e. The zero-order chi connectivity index (χ0) is 43.8. The summed E-state index contributed by atoms with van der Waals surface area (Å²) in [4.78, 5) is 12.6. The maximum Gasteiger partial charge on any atom is 0.249 e. The van der Waals surface area contributed by atoms with Gasteiger partial charge < -0.3 is 25.7 Å². The average molecular weight is 850 g/mol. The molecule has 0 bridgehead atoms. The van der Waals surface area contributed by atoms with Crippen molar-refractivity contribution in [2.24, 2.45) is 0 Å². The van der Waals surface area contributed by atoms with Crippen LogP contribution in [0.1, 0.15) is 296 Å². The number of hydrogen-bond donors (Lipinski definition) is 5. The minimum absolute atomic E-state index is 0.372. The van der Waals surface area contributed by atoms with Crippen LogP contribution < -0.4 is 5.32 Å². The maximum atomic E-state index is 12.6. The van der Waals surface area contributed by atoms with Crippen LogP contribution in [0.25, 0.3) is 0 Å². The van der Waals surface area contributed by atoms with Gasteiger partial charge in [0.1, 0.15) is 12.2 Å². The minimum Gasteiger partial charge on any atom is -0.394 e. The van der Waals surface area contributed by atoms with Gasteiger partial charge in [0.05, 0.1) is 18.8 Å². The van der Waals surface area contributed by atoms with Crippen LogP contribution in [0.15, 0.2) is 12.2 Å². The molecule has 6 nitrogen and oxygen atoms in total. The fourth-order valence-electron chi connectivity index (χ4n) is 8.70. The lowest BCUT2D eigenvalue weighted by molar-refractivity contribution is -0.132. The number of hydrogen-bond acceptors (Lipinski definition) is 5. The molecule has 0 aliphatic heterocycles. The van der Waals surface area contributed by atoms with Crippen molar-refractivity contribution in [2.45, 2.75) is 321 Å². The molecule has 358 valence electrons. The third-order valence-corrected chi connectivity index (χ3v) is 13.0. The summed E-state index contributed by atoms with van der Waals surface area (Å²) in [7, 11) is 0. The molecular formula is C54H107NO5. The number of unbranched alkanes of at least 4 members (excludes halogenated alkanes) is 39. The van der Waals surface area contributed by atoms with E-state index in [0.717, 1.165) is 38.5 Å². The first kappa shape index (κ1) is 59.0. The average Bonchev–Trinajstić information content (AvgIpc) is 3.25. The molecule has 0 fully saturated rings. The van der Waals surface area contributed by atoms with Crippen molar-refractivity contribution < 1.29 is 25.2 Å². The fourth-order valence-corrected chi connectivity index (χ4v) is 8.70. The molecule has 0 rings (SSSR count). The van der Waals surface area contributed by atoms with Crippen LogP contribution in [0.5, 0.6) is 0 Å². The molecule has 0 aliphatic rings. The third-order valence-electron chi connectivity index (χ3n) is 13.0. The van der Waals surface area contributed by atoms with Crippen molar-refractivity contribution in [2.75, 3.05) is 6.61 Å². The van der Waals surface area contributed by atoms with Gasteiger partial charge in [0.2, 0.25) is 5.91 Å².